The summed E-state index contributed by atoms with van der Waals surface area (Å²) in [6.07, 6.45) is 6.21. The van der Waals surface area contributed by atoms with Crippen molar-refractivity contribution in [2.45, 2.75) is 18.9 Å². The Balaban J connectivity index is 2.41. The fourth-order valence-electron chi connectivity index (χ4n) is 1.56. The lowest BCUT2D eigenvalue weighted by Crippen LogP contribution is -2.27. The van der Waals surface area contributed by atoms with Gasteiger partial charge in [0.2, 0.25) is 5.91 Å². The van der Waals surface area contributed by atoms with Crippen LogP contribution in [0.4, 0.5) is 0 Å². The zero-order valence-corrected chi connectivity index (χ0v) is 10.1. The van der Waals surface area contributed by atoms with Crippen LogP contribution in [0.3, 0.4) is 0 Å². The van der Waals surface area contributed by atoms with Crippen LogP contribution in [0, 0.1) is 12.3 Å². The third kappa shape index (κ3) is 4.29. The van der Waals surface area contributed by atoms with Gasteiger partial charge in [-0.05, 0) is 12.0 Å². The molecule has 17 heavy (non-hydrogen) atoms. The Hall–Kier alpha value is -1.79. The van der Waals surface area contributed by atoms with Crippen LogP contribution in [0.1, 0.15) is 24.4 Å². The molecule has 1 atom stereocenters. The number of nitrogens with two attached hydrogens (primary N) is 1. The van der Waals surface area contributed by atoms with Crippen LogP contribution in [-0.2, 0) is 4.79 Å². The molecule has 0 saturated heterocycles. The lowest BCUT2D eigenvalue weighted by Gasteiger charge is -2.16. The molecule has 1 aromatic rings. The van der Waals surface area contributed by atoms with E-state index in [2.05, 4.69) is 5.92 Å². The molecule has 0 saturated carbocycles. The van der Waals surface area contributed by atoms with E-state index in [1.165, 1.54) is 4.90 Å². The van der Waals surface area contributed by atoms with Crippen molar-refractivity contribution in [3.63, 3.8) is 0 Å². The first-order valence-electron chi connectivity index (χ1n) is 5.63. The third-order valence-corrected chi connectivity index (χ3v) is 2.65. The third-order valence-electron chi connectivity index (χ3n) is 2.65. The van der Waals surface area contributed by atoms with Gasteiger partial charge in [0.25, 0.3) is 0 Å². The maximum atomic E-state index is 11.6. The fourth-order valence-corrected chi connectivity index (χ4v) is 1.56. The van der Waals surface area contributed by atoms with Gasteiger partial charge in [-0.25, -0.2) is 0 Å². The summed E-state index contributed by atoms with van der Waals surface area (Å²) in [4.78, 5) is 13.2. The SMILES string of the molecule is C#CCN(C)C(=O)CCC(N)c1ccccc1. The molecule has 3 nitrogen and oxygen atoms in total. The average Bonchev–Trinajstić information content (AvgIpc) is 2.36. The van der Waals surface area contributed by atoms with Crippen LogP contribution < -0.4 is 5.73 Å². The van der Waals surface area contributed by atoms with Crippen LogP contribution in [0.15, 0.2) is 30.3 Å². The lowest BCUT2D eigenvalue weighted by atomic mass is 10.0. The van der Waals surface area contributed by atoms with Gasteiger partial charge in [-0.15, -0.1) is 6.42 Å². The van der Waals surface area contributed by atoms with Gasteiger partial charge in [0, 0.05) is 19.5 Å². The Kier molecular flexibility index (Phi) is 5.25. The first-order valence-corrected chi connectivity index (χ1v) is 5.63. The second-order valence-corrected chi connectivity index (χ2v) is 4.01. The van der Waals surface area contributed by atoms with E-state index in [4.69, 9.17) is 12.2 Å². The molecule has 0 fully saturated rings. The van der Waals surface area contributed by atoms with Crippen LogP contribution in [-0.4, -0.2) is 24.4 Å². The van der Waals surface area contributed by atoms with E-state index in [0.29, 0.717) is 19.4 Å². The Labute approximate surface area is 103 Å². The van der Waals surface area contributed by atoms with Gasteiger partial charge < -0.3 is 10.6 Å². The Morgan fingerprint density at radius 1 is 1.47 bits per heavy atom. The highest BCUT2D eigenvalue weighted by Gasteiger charge is 2.11. The van der Waals surface area contributed by atoms with Gasteiger partial charge in [-0.1, -0.05) is 36.3 Å². The normalized spacial score (nSPS) is 11.6. The van der Waals surface area contributed by atoms with E-state index < -0.39 is 0 Å². The van der Waals surface area contributed by atoms with Crippen LogP contribution in [0.25, 0.3) is 0 Å². The molecular weight excluding hydrogens is 212 g/mol. The van der Waals surface area contributed by atoms with Gasteiger partial charge in [0.1, 0.15) is 0 Å². The molecule has 0 spiro atoms. The summed E-state index contributed by atoms with van der Waals surface area (Å²) in [6, 6.07) is 9.69. The smallest absolute Gasteiger partial charge is 0.223 e. The van der Waals surface area contributed by atoms with Gasteiger partial charge in [0.05, 0.1) is 6.54 Å². The largest absolute Gasteiger partial charge is 0.335 e. The summed E-state index contributed by atoms with van der Waals surface area (Å²) in [5.41, 5.74) is 7.06. The highest BCUT2D eigenvalue weighted by molar-refractivity contribution is 5.76. The first kappa shape index (κ1) is 13.3. The quantitative estimate of drug-likeness (QED) is 0.780. The van der Waals surface area contributed by atoms with Gasteiger partial charge in [-0.3, -0.25) is 4.79 Å². The second-order valence-electron chi connectivity index (χ2n) is 4.01. The molecular formula is C14H18N2O. The number of carbonyl (C=O) groups excluding carboxylic acids is 1. The lowest BCUT2D eigenvalue weighted by molar-refractivity contribution is -0.129. The molecule has 1 amide bonds. The molecule has 1 aromatic carbocycles. The summed E-state index contributed by atoms with van der Waals surface area (Å²) >= 11 is 0. The number of nitrogens with zero attached hydrogens (tertiary/aromatic N) is 1. The molecule has 0 bridgehead atoms. The van der Waals surface area contributed by atoms with Crippen LogP contribution in [0.5, 0.6) is 0 Å². The first-order chi connectivity index (χ1) is 8.15. The van der Waals surface area contributed by atoms with Crippen molar-refractivity contribution < 1.29 is 4.79 Å². The van der Waals surface area contributed by atoms with Gasteiger partial charge >= 0.3 is 0 Å². The van der Waals surface area contributed by atoms with Gasteiger partial charge in [0.15, 0.2) is 0 Å². The molecule has 90 valence electrons. The van der Waals surface area contributed by atoms with Crippen LogP contribution >= 0.6 is 0 Å². The monoisotopic (exact) mass is 230 g/mol. The molecule has 0 radical (unpaired) electrons. The molecule has 0 aliphatic carbocycles. The van der Waals surface area contributed by atoms with E-state index in [1.807, 2.05) is 30.3 Å². The molecule has 2 N–H and O–H groups in total. The van der Waals surface area contributed by atoms with E-state index in [1.54, 1.807) is 7.05 Å². The molecule has 0 heterocycles. The Morgan fingerprint density at radius 2 is 2.12 bits per heavy atom. The molecule has 0 aliphatic rings. The van der Waals surface area contributed by atoms with E-state index in [9.17, 15) is 4.79 Å². The van der Waals surface area contributed by atoms with Crippen molar-refractivity contribution in [3.8, 4) is 12.3 Å². The highest BCUT2D eigenvalue weighted by atomic mass is 16.2. The minimum Gasteiger partial charge on any atom is -0.335 e. The summed E-state index contributed by atoms with van der Waals surface area (Å²) in [5.74, 6) is 2.48. The van der Waals surface area contributed by atoms with E-state index in [0.717, 1.165) is 5.56 Å². The molecule has 0 aliphatic heterocycles. The number of hydrogen-bond donors (Lipinski definition) is 1. The standard InChI is InChI=1S/C14H18N2O/c1-3-11-16(2)14(17)10-9-13(15)12-7-5-4-6-8-12/h1,4-8,13H,9-11,15H2,2H3. The van der Waals surface area contributed by atoms with E-state index >= 15 is 0 Å². The Bertz CT molecular complexity index is 394. The van der Waals surface area contributed by atoms with Crippen LogP contribution in [0.2, 0.25) is 0 Å². The summed E-state index contributed by atoms with van der Waals surface area (Å²) in [6.45, 7) is 0.347. The molecule has 0 aromatic heterocycles. The highest BCUT2D eigenvalue weighted by Crippen LogP contribution is 2.15. The molecule has 1 rings (SSSR count). The summed E-state index contributed by atoms with van der Waals surface area (Å²) in [5, 5.41) is 0. The molecule has 3 heteroatoms. The van der Waals surface area contributed by atoms with Crippen molar-refractivity contribution in [3.05, 3.63) is 35.9 Å². The van der Waals surface area contributed by atoms with Crippen molar-refractivity contribution in [2.24, 2.45) is 5.73 Å². The number of amides is 1. The van der Waals surface area contributed by atoms with Crippen molar-refractivity contribution in [2.75, 3.05) is 13.6 Å². The van der Waals surface area contributed by atoms with E-state index in [-0.39, 0.29) is 11.9 Å². The second kappa shape index (κ2) is 6.72. The average molecular weight is 230 g/mol. The predicted octanol–water partition coefficient (Wildman–Crippen LogP) is 1.56. The zero-order chi connectivity index (χ0) is 12.7. The topological polar surface area (TPSA) is 46.3 Å². The predicted molar refractivity (Wildman–Crippen MR) is 69.1 cm³/mol. The fraction of sp³-hybridized carbons (Fsp3) is 0.357. The van der Waals surface area contributed by atoms with Crippen molar-refractivity contribution in [1.29, 1.82) is 0 Å². The number of terminal acetylenes is 1. The van der Waals surface area contributed by atoms with Crippen molar-refractivity contribution in [1.82, 2.24) is 4.90 Å². The number of rotatable bonds is 5. The molecule has 1 unspecified atom stereocenters. The number of carbonyl (C=O) groups is 1. The summed E-state index contributed by atoms with van der Waals surface area (Å²) < 4.78 is 0. The zero-order valence-electron chi connectivity index (χ0n) is 10.1. The minimum atomic E-state index is -0.0978. The maximum Gasteiger partial charge on any atom is 0.223 e. The minimum absolute atomic E-state index is 0.0364. The Morgan fingerprint density at radius 3 is 2.71 bits per heavy atom. The van der Waals surface area contributed by atoms with Gasteiger partial charge in [-0.2, -0.15) is 0 Å². The number of benzene rings is 1. The number of hydrogen-bond acceptors (Lipinski definition) is 2. The maximum absolute atomic E-state index is 11.6. The summed E-state index contributed by atoms with van der Waals surface area (Å²) in [7, 11) is 1.70. The van der Waals surface area contributed by atoms with Crippen molar-refractivity contribution >= 4 is 5.91 Å².